The molecule has 1 saturated heterocycles. The van der Waals surface area contributed by atoms with Crippen LogP contribution in [0.2, 0.25) is 6.32 Å². The first-order valence-corrected chi connectivity index (χ1v) is 9.52. The number of nitrogens with two attached hydrogens (primary N) is 1. The second-order valence-corrected chi connectivity index (χ2v) is 7.48. The lowest BCUT2D eigenvalue weighted by Crippen LogP contribution is -2.58. The van der Waals surface area contributed by atoms with Gasteiger partial charge in [-0.15, -0.1) is 0 Å². The van der Waals surface area contributed by atoms with Crippen molar-refractivity contribution in [3.63, 3.8) is 0 Å². The van der Waals surface area contributed by atoms with Crippen molar-refractivity contribution in [1.82, 2.24) is 9.88 Å². The molecule has 0 aliphatic carbocycles. The summed E-state index contributed by atoms with van der Waals surface area (Å²) in [5.41, 5.74) is 6.73. The molecule has 4 N–H and O–H groups in total. The molecule has 0 spiro atoms. The molecule has 2 aromatic rings. The Morgan fingerprint density at radius 3 is 2.77 bits per heavy atom. The first-order chi connectivity index (χ1) is 14.2. The zero-order chi connectivity index (χ0) is 21.5. The maximum atomic E-state index is 12.5. The van der Waals surface area contributed by atoms with Crippen molar-refractivity contribution in [2.24, 2.45) is 5.73 Å². The van der Waals surface area contributed by atoms with Crippen LogP contribution in [-0.4, -0.2) is 57.8 Å². The zero-order valence-corrected chi connectivity index (χ0v) is 15.9. The van der Waals surface area contributed by atoms with E-state index >= 15 is 0 Å². The van der Waals surface area contributed by atoms with Crippen LogP contribution in [0.5, 0.6) is 11.5 Å². The number of hydrogen-bond donors (Lipinski definition) is 3. The minimum absolute atomic E-state index is 0.0177. The summed E-state index contributed by atoms with van der Waals surface area (Å²) in [7, 11) is 0. The van der Waals surface area contributed by atoms with Gasteiger partial charge in [0.15, 0.2) is 0 Å². The molecule has 1 atom stereocenters. The molecule has 158 valence electrons. The number of pyridine rings is 1. The molecular weight excluding hydrogens is 393 g/mol. The van der Waals surface area contributed by atoms with E-state index in [2.05, 4.69) is 4.98 Å². The number of amides is 1. The van der Waals surface area contributed by atoms with Crippen LogP contribution in [0.1, 0.15) is 27.5 Å². The van der Waals surface area contributed by atoms with Gasteiger partial charge in [0.1, 0.15) is 17.9 Å². The molecule has 0 saturated carbocycles. The average molecular weight is 413 g/mol. The normalized spacial score (nSPS) is 18.6. The molecule has 2 aliphatic heterocycles. The Bertz CT molecular complexity index is 980. The van der Waals surface area contributed by atoms with Gasteiger partial charge in [0.25, 0.3) is 0 Å². The summed E-state index contributed by atoms with van der Waals surface area (Å²) in [5.74, 6) is -2.02. The molecule has 1 fully saturated rings. The molecule has 3 heterocycles. The lowest BCUT2D eigenvalue weighted by Gasteiger charge is -2.41. The van der Waals surface area contributed by atoms with E-state index in [1.807, 2.05) is 0 Å². The van der Waals surface area contributed by atoms with E-state index in [1.165, 1.54) is 17.2 Å². The standard InChI is InChI=1S/C19H21BN3O7/c21-16(12-2-1-7-22-8-12)18(24)23-9-13(10-23)29-14-4-3-11-5-6-20(27,28)30-17(11)15(14)19(25)26/h1-4,7-8,13,16,27-28H,5-6,9-10,21H2,(H,25,26)/q-1/p-1. The Morgan fingerprint density at radius 2 is 2.10 bits per heavy atom. The third kappa shape index (κ3) is 3.82. The van der Waals surface area contributed by atoms with Crippen LogP contribution in [0.3, 0.4) is 0 Å². The highest BCUT2D eigenvalue weighted by Gasteiger charge is 2.37. The van der Waals surface area contributed by atoms with Crippen LogP contribution >= 0.6 is 0 Å². The Labute approximate surface area is 171 Å². The number of carboxylic acids is 1. The number of likely N-dealkylation sites (tertiary alicyclic amines) is 1. The molecule has 2 aliphatic rings. The molecule has 10 nitrogen and oxygen atoms in total. The van der Waals surface area contributed by atoms with Crippen molar-refractivity contribution < 1.29 is 34.1 Å². The first-order valence-electron chi connectivity index (χ1n) is 9.52. The van der Waals surface area contributed by atoms with E-state index in [0.717, 1.165) is 0 Å². The number of benzene rings is 1. The summed E-state index contributed by atoms with van der Waals surface area (Å²) in [5, 5.41) is 31.3. The van der Waals surface area contributed by atoms with Gasteiger partial charge in [0, 0.05) is 12.4 Å². The van der Waals surface area contributed by atoms with Gasteiger partial charge < -0.3 is 40.0 Å². The second kappa shape index (κ2) is 7.60. The molecule has 1 aromatic heterocycles. The fraction of sp³-hybridized carbons (Fsp3) is 0.316. The van der Waals surface area contributed by atoms with Crippen LogP contribution in [0.4, 0.5) is 0 Å². The highest BCUT2D eigenvalue weighted by atomic mass is 16.6. The summed E-state index contributed by atoms with van der Waals surface area (Å²) < 4.78 is 10.8. The number of aromatic carboxylic acids is 1. The Balaban J connectivity index is 1.45. The van der Waals surface area contributed by atoms with Gasteiger partial charge in [0.05, 0.1) is 30.4 Å². The molecule has 0 radical (unpaired) electrons. The molecule has 1 unspecified atom stereocenters. The van der Waals surface area contributed by atoms with E-state index in [9.17, 15) is 24.7 Å². The van der Waals surface area contributed by atoms with Crippen molar-refractivity contribution in [3.8, 4) is 11.5 Å². The lowest BCUT2D eigenvalue weighted by atomic mass is 9.70. The summed E-state index contributed by atoms with van der Waals surface area (Å²) in [6.45, 7) is -2.68. The molecule has 0 bridgehead atoms. The smallest absolute Gasteiger partial charge is 0.430 e. The maximum Gasteiger partial charge on any atom is 0.430 e. The van der Waals surface area contributed by atoms with Crippen molar-refractivity contribution in [1.29, 1.82) is 0 Å². The predicted octanol–water partition coefficient (Wildman–Crippen LogP) is -1.41. The number of rotatable bonds is 5. The van der Waals surface area contributed by atoms with Gasteiger partial charge in [0.2, 0.25) is 5.91 Å². The number of aromatic nitrogens is 1. The van der Waals surface area contributed by atoms with Crippen molar-refractivity contribution in [2.45, 2.75) is 24.9 Å². The Hall–Kier alpha value is -3.15. The number of carboxylic acid groups (broad SMARTS) is 1. The lowest BCUT2D eigenvalue weighted by molar-refractivity contribution is -0.255. The quantitative estimate of drug-likeness (QED) is 0.501. The Morgan fingerprint density at radius 1 is 1.33 bits per heavy atom. The summed E-state index contributed by atoms with van der Waals surface area (Å²) in [4.78, 5) is 29.7. The highest BCUT2D eigenvalue weighted by Crippen LogP contribution is 2.38. The van der Waals surface area contributed by atoms with Crippen LogP contribution in [0.25, 0.3) is 0 Å². The molecule has 11 heteroatoms. The number of fused-ring (bicyclic) bond motifs is 1. The van der Waals surface area contributed by atoms with Crippen LogP contribution in [0, 0.1) is 0 Å². The molecule has 1 amide bonds. The summed E-state index contributed by atoms with van der Waals surface area (Å²) in [6, 6.07) is 5.65. The largest absolute Gasteiger partial charge is 0.669 e. The highest BCUT2D eigenvalue weighted by molar-refractivity contribution is 6.59. The van der Waals surface area contributed by atoms with E-state index in [-0.39, 0.29) is 48.8 Å². The molecule has 30 heavy (non-hydrogen) atoms. The van der Waals surface area contributed by atoms with Gasteiger partial charge >= 0.3 is 6.75 Å². The Kier molecular flexibility index (Phi) is 5.10. The topological polar surface area (TPSA) is 158 Å². The molecular formula is C19H20BN3O7-2. The zero-order valence-electron chi connectivity index (χ0n) is 15.9. The van der Waals surface area contributed by atoms with Crippen LogP contribution < -0.4 is 20.2 Å². The van der Waals surface area contributed by atoms with Crippen LogP contribution in [0.15, 0.2) is 36.7 Å². The van der Waals surface area contributed by atoms with E-state index < -0.39 is 24.9 Å². The van der Waals surface area contributed by atoms with E-state index in [1.54, 1.807) is 24.4 Å². The van der Waals surface area contributed by atoms with Gasteiger partial charge in [-0.2, -0.15) is 0 Å². The fourth-order valence-corrected chi connectivity index (χ4v) is 3.59. The second-order valence-electron chi connectivity index (χ2n) is 7.48. The fourth-order valence-electron chi connectivity index (χ4n) is 3.59. The minimum Gasteiger partial charge on any atom is -0.669 e. The van der Waals surface area contributed by atoms with Gasteiger partial charge in [-0.25, -0.2) is 0 Å². The van der Waals surface area contributed by atoms with Crippen LogP contribution in [-0.2, 0) is 11.2 Å². The molecule has 4 rings (SSSR count). The maximum absolute atomic E-state index is 12.5. The summed E-state index contributed by atoms with van der Waals surface area (Å²) >= 11 is 0. The number of carbonyl (C=O) groups excluding carboxylic acids is 2. The predicted molar refractivity (Wildman–Crippen MR) is 102 cm³/mol. The number of hydrogen-bond acceptors (Lipinski definition) is 9. The van der Waals surface area contributed by atoms with Gasteiger partial charge in [-0.05, 0) is 29.7 Å². The monoisotopic (exact) mass is 413 g/mol. The van der Waals surface area contributed by atoms with Crippen molar-refractivity contribution in [3.05, 3.63) is 53.3 Å². The SMILES string of the molecule is NC(C(=O)N1CC(Oc2ccc3c(c2C(=O)[O-])O[B-](O)(O)CC3)C1)c1cccnc1. The van der Waals surface area contributed by atoms with Gasteiger partial charge in [-0.1, -0.05) is 18.5 Å². The number of carbonyl (C=O) groups is 2. The summed E-state index contributed by atoms with van der Waals surface area (Å²) in [6.07, 6.45) is 2.88. The van der Waals surface area contributed by atoms with Crippen molar-refractivity contribution in [2.75, 3.05) is 13.1 Å². The average Bonchev–Trinajstić information content (AvgIpc) is 2.68. The van der Waals surface area contributed by atoms with Crippen molar-refractivity contribution >= 4 is 18.6 Å². The third-order valence-electron chi connectivity index (χ3n) is 5.26. The molecule has 1 aromatic carbocycles. The minimum atomic E-state index is -3.14. The van der Waals surface area contributed by atoms with E-state index in [0.29, 0.717) is 11.1 Å². The van der Waals surface area contributed by atoms with Gasteiger partial charge in [-0.3, -0.25) is 9.78 Å². The first kappa shape index (κ1) is 20.1. The third-order valence-corrected chi connectivity index (χ3v) is 5.26. The number of aryl methyl sites for hydroxylation is 1. The number of nitrogens with zero attached hydrogens (tertiary/aromatic N) is 2. The number of ether oxygens (including phenoxy) is 1. The van der Waals surface area contributed by atoms with E-state index in [4.69, 9.17) is 15.1 Å².